The first-order valence-corrected chi connectivity index (χ1v) is 28.4. The quantitative estimate of drug-likeness (QED) is 0.112. The van der Waals surface area contributed by atoms with E-state index in [4.69, 9.17) is 24.5 Å². The van der Waals surface area contributed by atoms with E-state index < -0.39 is 8.32 Å². The molecule has 8 heteroatoms. The van der Waals surface area contributed by atoms with Gasteiger partial charge in [-0.2, -0.15) is 0 Å². The van der Waals surface area contributed by atoms with E-state index in [1.807, 2.05) is 0 Å². The van der Waals surface area contributed by atoms with Gasteiger partial charge in [-0.25, -0.2) is 9.97 Å². The molecule has 0 unspecified atom stereocenters. The Labute approximate surface area is 448 Å². The third kappa shape index (κ3) is 10.4. The summed E-state index contributed by atoms with van der Waals surface area (Å²) in [6.45, 7) is 37.8. The first-order valence-electron chi connectivity index (χ1n) is 25.5. The molecule has 0 amide bonds. The van der Waals surface area contributed by atoms with Crippen molar-refractivity contribution in [2.75, 3.05) is 5.06 Å². The van der Waals surface area contributed by atoms with E-state index >= 15 is 0 Å². The molecule has 0 saturated heterocycles. The number of hydroxylamine groups is 1. The van der Waals surface area contributed by atoms with E-state index in [1.165, 1.54) is 50.1 Å². The zero-order chi connectivity index (χ0) is 51.8. The maximum absolute atomic E-state index is 6.98. The summed E-state index contributed by atoms with van der Waals surface area (Å²) >= 11 is 0. The number of hydrogen-bond donors (Lipinski definition) is 0. The molecule has 0 N–H and O–H groups in total. The minimum Gasteiger partial charge on any atom is -0.657 e. The van der Waals surface area contributed by atoms with Gasteiger partial charge in [0.2, 0.25) is 8.32 Å². The van der Waals surface area contributed by atoms with Gasteiger partial charge in [0, 0.05) is 0 Å². The molecule has 7 aromatic rings. The van der Waals surface area contributed by atoms with Crippen molar-refractivity contribution in [1.82, 2.24) is 19.9 Å². The summed E-state index contributed by atoms with van der Waals surface area (Å²) in [7, 11) is -2.13. The maximum Gasteiger partial charge on any atom is 2.00 e. The number of aromatic nitrogens is 4. The summed E-state index contributed by atoms with van der Waals surface area (Å²) in [5.41, 5.74) is 26.9. The van der Waals surface area contributed by atoms with Crippen LogP contribution in [0.3, 0.4) is 0 Å². The molecule has 0 saturated carbocycles. The third-order valence-corrected chi connectivity index (χ3v) is 19.0. The second kappa shape index (κ2) is 19.9. The van der Waals surface area contributed by atoms with Crippen LogP contribution in [0.15, 0.2) is 84.9 Å². The van der Waals surface area contributed by atoms with Gasteiger partial charge in [0.05, 0.1) is 34.0 Å². The Hall–Kier alpha value is -6.18. The molecule has 6 nitrogen and oxygen atoms in total. The van der Waals surface area contributed by atoms with Crippen molar-refractivity contribution in [2.24, 2.45) is 0 Å². The van der Waals surface area contributed by atoms with Crippen LogP contribution in [0.4, 0.5) is 5.69 Å². The average Bonchev–Trinajstić information content (AvgIpc) is 4.12. The molecular formula is C65H71N5OSiZn. The summed E-state index contributed by atoms with van der Waals surface area (Å²) in [4.78, 5) is 22.4. The minimum absolute atomic E-state index is 0. The molecule has 3 aromatic heterocycles. The van der Waals surface area contributed by atoms with Gasteiger partial charge in [-0.05, 0) is 216 Å². The largest absolute Gasteiger partial charge is 2.00 e. The minimum atomic E-state index is -2.13. The summed E-state index contributed by atoms with van der Waals surface area (Å²) in [5.74, 6) is 0. The number of anilines is 1. The van der Waals surface area contributed by atoms with Crippen molar-refractivity contribution in [3.8, 4) is 33.4 Å². The predicted molar refractivity (Wildman–Crippen MR) is 312 cm³/mol. The Kier molecular flexibility index (Phi) is 14.5. The van der Waals surface area contributed by atoms with Crippen LogP contribution in [0.2, 0.25) is 18.1 Å². The van der Waals surface area contributed by atoms with Crippen molar-refractivity contribution in [2.45, 2.75) is 128 Å². The molecule has 2 aliphatic rings. The van der Waals surface area contributed by atoms with E-state index in [9.17, 15) is 0 Å². The number of hydrogen-bond acceptors (Lipinski definition) is 4. The van der Waals surface area contributed by atoms with Crippen molar-refractivity contribution >= 4 is 72.5 Å². The van der Waals surface area contributed by atoms with Crippen LogP contribution >= 0.6 is 0 Å². The normalized spacial score (nSPS) is 12.8. The van der Waals surface area contributed by atoms with Crippen molar-refractivity contribution in [1.29, 1.82) is 0 Å². The van der Waals surface area contributed by atoms with Crippen LogP contribution in [0.5, 0.6) is 0 Å². The fraction of sp³-hybridized carbons (Fsp3) is 0.292. The van der Waals surface area contributed by atoms with Gasteiger partial charge in [-0.1, -0.05) is 122 Å². The second-order valence-corrected chi connectivity index (χ2v) is 27.7. The zero-order valence-electron chi connectivity index (χ0n) is 46.4. The van der Waals surface area contributed by atoms with Gasteiger partial charge < -0.3 is 14.5 Å². The van der Waals surface area contributed by atoms with Gasteiger partial charge in [-0.3, -0.25) is 5.06 Å². The van der Waals surface area contributed by atoms with Gasteiger partial charge in [0.1, 0.15) is 0 Å². The Morgan fingerprint density at radius 3 is 1.16 bits per heavy atom. The smallest absolute Gasteiger partial charge is 0.657 e. The van der Waals surface area contributed by atoms with Gasteiger partial charge in [-0.15, -0.1) is 22.1 Å². The first-order chi connectivity index (χ1) is 33.9. The van der Waals surface area contributed by atoms with E-state index in [0.29, 0.717) is 0 Å². The van der Waals surface area contributed by atoms with Crippen LogP contribution in [0.1, 0.15) is 126 Å². The standard InChI is InChI=1S/C65H71N5OSi.Zn/c1-38-32-41(4)58(42(5)33-38)61-52-26-24-50(66-52)49(23-20-47-18-21-48(22-19-47)70(64(10,11)12)71-72(16,17)65(13,14)15)51-25-27-53(67-51)62(59-43(6)34-39(2)35-44(59)7)55-29-31-57(69-55)63(56-30-28-54(61)68-56)60-45(8)36-40(3)37-46(60)9;/h18-37H,1-17H3;/q-2;+2/b23-20+,50-49?,51-49?,61-52?,61-54?,62-53?,62-55?,63-56?,63-57?;. The monoisotopic (exact) mass is 1030 g/mol. The molecule has 8 bridgehead atoms. The molecule has 0 fully saturated rings. The molecule has 0 aliphatic carbocycles. The summed E-state index contributed by atoms with van der Waals surface area (Å²) in [5, 5.41) is 2.18. The first kappa shape index (κ1) is 53.1. The van der Waals surface area contributed by atoms with E-state index in [-0.39, 0.29) is 30.1 Å². The summed E-state index contributed by atoms with van der Waals surface area (Å²) in [6.07, 6.45) is 13.0. The maximum atomic E-state index is 6.98. The average molecular weight is 1030 g/mol. The molecule has 0 atom stereocenters. The van der Waals surface area contributed by atoms with Crippen LogP contribution in [0.25, 0.3) is 91.9 Å². The van der Waals surface area contributed by atoms with Gasteiger partial charge in [0.25, 0.3) is 0 Å². The van der Waals surface area contributed by atoms with E-state index in [0.717, 1.165) is 95.0 Å². The topological polar surface area (TPSA) is 66.5 Å². The van der Waals surface area contributed by atoms with Crippen molar-refractivity contribution in [3.05, 3.63) is 169 Å². The predicted octanol–water partition coefficient (Wildman–Crippen LogP) is 17.4. The van der Waals surface area contributed by atoms with Crippen molar-refractivity contribution in [3.63, 3.8) is 0 Å². The van der Waals surface area contributed by atoms with Crippen LogP contribution in [-0.2, 0) is 24.0 Å². The number of rotatable bonds is 8. The molecule has 368 valence electrons. The van der Waals surface area contributed by atoms with Gasteiger partial charge in [0.15, 0.2) is 0 Å². The Morgan fingerprint density at radius 1 is 0.452 bits per heavy atom. The molecule has 0 spiro atoms. The fourth-order valence-electron chi connectivity index (χ4n) is 10.6. The Balaban J connectivity index is 0.00000711. The number of nitrogens with zero attached hydrogens (tertiary/aromatic N) is 5. The van der Waals surface area contributed by atoms with Crippen LogP contribution in [0, 0.1) is 62.3 Å². The summed E-state index contributed by atoms with van der Waals surface area (Å²) < 4.78 is 6.98. The molecule has 4 aromatic carbocycles. The molecule has 0 radical (unpaired) electrons. The zero-order valence-corrected chi connectivity index (χ0v) is 50.4. The third-order valence-electron chi connectivity index (χ3n) is 14.7. The SMILES string of the molecule is Cc1cc(C)c(-c2c3nc(c(-c4c(C)cc(C)cc4C)c4ccc([n-]4)c(-c4c(C)cc(C)cc4C)c4nc(c(/C=C/c5ccc(N(O[Si](C)(C)C(C)(C)C)C(C)(C)C)cc5)c5ccc2[n-]5)C=C4)C=C3)c(C)c1.[Zn+2]. The molecular weight excluding hydrogens is 960 g/mol. The molecule has 5 heterocycles. The Morgan fingerprint density at radius 2 is 0.795 bits per heavy atom. The van der Waals surface area contributed by atoms with Gasteiger partial charge >= 0.3 is 19.5 Å². The van der Waals surface area contributed by atoms with Crippen LogP contribution in [-0.4, -0.2) is 23.8 Å². The molecule has 2 aliphatic heterocycles. The Bertz CT molecular complexity index is 3460. The second-order valence-electron chi connectivity index (χ2n) is 23.0. The van der Waals surface area contributed by atoms with E-state index in [1.54, 1.807) is 0 Å². The number of aryl methyl sites for hydroxylation is 9. The van der Waals surface area contributed by atoms with Crippen molar-refractivity contribution < 1.29 is 24.0 Å². The number of benzene rings is 4. The summed E-state index contributed by atoms with van der Waals surface area (Å²) in [6, 6.07) is 30.9. The molecule has 73 heavy (non-hydrogen) atoms. The van der Waals surface area contributed by atoms with E-state index in [2.05, 4.69) is 243 Å². The fourth-order valence-corrected chi connectivity index (χ4v) is 11.7. The van der Waals surface area contributed by atoms with Crippen LogP contribution < -0.4 is 15.0 Å². The molecule has 9 rings (SSSR count). The number of fused-ring (bicyclic) bond motifs is 8.